The number of rotatable bonds is 3. The fraction of sp³-hybridized carbons (Fsp3) is 0.300. The molecular weight excluding hydrogens is 210 g/mol. The van der Waals surface area contributed by atoms with Crippen molar-refractivity contribution in [3.05, 3.63) is 23.0 Å². The lowest BCUT2D eigenvalue weighted by Crippen LogP contribution is -2.12. The van der Waals surface area contributed by atoms with Crippen LogP contribution in [0.25, 0.3) is 0 Å². The summed E-state index contributed by atoms with van der Waals surface area (Å²) < 4.78 is 0. The molecule has 1 amide bonds. The van der Waals surface area contributed by atoms with E-state index < -0.39 is 0 Å². The van der Waals surface area contributed by atoms with Crippen molar-refractivity contribution in [1.82, 2.24) is 10.4 Å². The van der Waals surface area contributed by atoms with Crippen molar-refractivity contribution in [2.75, 3.05) is 0 Å². The molecular formula is C10H13N3O3. The second-order valence-corrected chi connectivity index (χ2v) is 3.22. The minimum Gasteiger partial charge on any atom is -0.505 e. The van der Waals surface area contributed by atoms with Crippen LogP contribution in [0, 0.1) is 6.92 Å². The largest absolute Gasteiger partial charge is 0.505 e. The number of aryl methyl sites for hydroxylation is 1. The van der Waals surface area contributed by atoms with Crippen LogP contribution in [0.4, 0.5) is 0 Å². The van der Waals surface area contributed by atoms with Crippen molar-refractivity contribution >= 4 is 12.1 Å². The van der Waals surface area contributed by atoms with Crippen molar-refractivity contribution in [2.45, 2.75) is 20.5 Å². The predicted octanol–water partition coefficient (Wildman–Crippen LogP) is 0.0579. The van der Waals surface area contributed by atoms with Gasteiger partial charge in [0.05, 0.1) is 18.5 Å². The SMILES string of the molecule is CC(=O)NN=Cc1c(CO)cnc(C)c1O. The molecule has 1 heterocycles. The van der Waals surface area contributed by atoms with E-state index in [9.17, 15) is 9.90 Å². The quantitative estimate of drug-likeness (QED) is 0.498. The second-order valence-electron chi connectivity index (χ2n) is 3.22. The number of hydrazone groups is 1. The molecule has 86 valence electrons. The van der Waals surface area contributed by atoms with Crippen molar-refractivity contribution in [3.8, 4) is 5.75 Å². The average molecular weight is 223 g/mol. The van der Waals surface area contributed by atoms with E-state index >= 15 is 0 Å². The number of nitrogens with one attached hydrogen (secondary N) is 1. The van der Waals surface area contributed by atoms with E-state index in [-0.39, 0.29) is 18.3 Å². The molecule has 0 saturated heterocycles. The Morgan fingerprint density at radius 3 is 2.94 bits per heavy atom. The zero-order valence-corrected chi connectivity index (χ0v) is 9.06. The summed E-state index contributed by atoms with van der Waals surface area (Å²) in [4.78, 5) is 14.5. The van der Waals surface area contributed by atoms with Gasteiger partial charge >= 0.3 is 0 Å². The molecule has 0 aliphatic carbocycles. The fourth-order valence-electron chi connectivity index (χ4n) is 1.11. The number of aromatic hydroxyl groups is 1. The molecule has 6 nitrogen and oxygen atoms in total. The zero-order chi connectivity index (χ0) is 12.1. The van der Waals surface area contributed by atoms with E-state index in [1.54, 1.807) is 6.92 Å². The molecule has 0 radical (unpaired) electrons. The maximum atomic E-state index is 10.6. The van der Waals surface area contributed by atoms with Gasteiger partial charge in [-0.05, 0) is 6.92 Å². The molecule has 0 aliphatic heterocycles. The number of pyridine rings is 1. The summed E-state index contributed by atoms with van der Waals surface area (Å²) >= 11 is 0. The summed E-state index contributed by atoms with van der Waals surface area (Å²) in [5.74, 6) is -0.368. The van der Waals surface area contributed by atoms with Gasteiger partial charge in [0.15, 0.2) is 0 Å². The normalized spacial score (nSPS) is 10.7. The summed E-state index contributed by atoms with van der Waals surface area (Å²) in [6, 6.07) is 0. The van der Waals surface area contributed by atoms with Crippen LogP contribution >= 0.6 is 0 Å². The third-order valence-corrected chi connectivity index (χ3v) is 1.94. The van der Waals surface area contributed by atoms with Crippen LogP contribution in [0.1, 0.15) is 23.7 Å². The van der Waals surface area contributed by atoms with Crippen LogP contribution in [-0.2, 0) is 11.4 Å². The monoisotopic (exact) mass is 223 g/mol. The van der Waals surface area contributed by atoms with Gasteiger partial charge in [-0.1, -0.05) is 0 Å². The first kappa shape index (κ1) is 12.1. The van der Waals surface area contributed by atoms with Crippen molar-refractivity contribution in [2.24, 2.45) is 5.10 Å². The summed E-state index contributed by atoms with van der Waals surface area (Å²) in [7, 11) is 0. The topological polar surface area (TPSA) is 94.8 Å². The number of aromatic nitrogens is 1. The van der Waals surface area contributed by atoms with E-state index in [1.807, 2.05) is 0 Å². The zero-order valence-electron chi connectivity index (χ0n) is 9.06. The summed E-state index contributed by atoms with van der Waals surface area (Å²) in [5, 5.41) is 22.4. The summed E-state index contributed by atoms with van der Waals surface area (Å²) in [6.07, 6.45) is 2.72. The van der Waals surface area contributed by atoms with Gasteiger partial charge in [0.2, 0.25) is 5.91 Å². The highest BCUT2D eigenvalue weighted by atomic mass is 16.3. The van der Waals surface area contributed by atoms with Gasteiger partial charge in [-0.25, -0.2) is 5.43 Å². The Bertz CT molecular complexity index is 430. The standard InChI is InChI=1S/C10H13N3O3/c1-6-10(16)9(4-12-13-7(2)15)8(5-14)3-11-6/h3-4,14,16H,5H2,1-2H3,(H,13,15). The lowest BCUT2D eigenvalue weighted by atomic mass is 10.1. The molecule has 0 bridgehead atoms. The smallest absolute Gasteiger partial charge is 0.236 e. The Labute approximate surface area is 92.6 Å². The Morgan fingerprint density at radius 2 is 2.38 bits per heavy atom. The minimum atomic E-state index is -0.313. The third kappa shape index (κ3) is 2.77. The lowest BCUT2D eigenvalue weighted by Gasteiger charge is -2.06. The highest BCUT2D eigenvalue weighted by Crippen LogP contribution is 2.21. The number of carbonyl (C=O) groups excluding carboxylic acids is 1. The van der Waals surface area contributed by atoms with Gasteiger partial charge in [-0.15, -0.1) is 0 Å². The highest BCUT2D eigenvalue weighted by Gasteiger charge is 2.08. The van der Waals surface area contributed by atoms with Crippen LogP contribution < -0.4 is 5.43 Å². The first-order chi connectivity index (χ1) is 7.56. The van der Waals surface area contributed by atoms with E-state index in [0.29, 0.717) is 16.8 Å². The number of carbonyl (C=O) groups is 1. The van der Waals surface area contributed by atoms with Crippen LogP contribution in [0.15, 0.2) is 11.3 Å². The first-order valence-corrected chi connectivity index (χ1v) is 4.64. The van der Waals surface area contributed by atoms with Crippen LogP contribution in [-0.4, -0.2) is 27.3 Å². The second kappa shape index (κ2) is 5.22. The first-order valence-electron chi connectivity index (χ1n) is 4.64. The van der Waals surface area contributed by atoms with Gasteiger partial charge in [0.1, 0.15) is 5.75 Å². The molecule has 3 N–H and O–H groups in total. The van der Waals surface area contributed by atoms with Gasteiger partial charge in [-0.2, -0.15) is 5.10 Å². The molecule has 0 atom stereocenters. The number of aliphatic hydroxyl groups excluding tert-OH is 1. The van der Waals surface area contributed by atoms with Crippen molar-refractivity contribution in [3.63, 3.8) is 0 Å². The van der Waals surface area contributed by atoms with E-state index in [1.165, 1.54) is 19.3 Å². The maximum absolute atomic E-state index is 10.6. The van der Waals surface area contributed by atoms with E-state index in [0.717, 1.165) is 0 Å². The summed E-state index contributed by atoms with van der Waals surface area (Å²) in [5.41, 5.74) is 3.43. The van der Waals surface area contributed by atoms with Crippen LogP contribution in [0.3, 0.4) is 0 Å². The lowest BCUT2D eigenvalue weighted by molar-refractivity contribution is -0.118. The number of hydrogen-bond acceptors (Lipinski definition) is 5. The Kier molecular flexibility index (Phi) is 3.96. The number of nitrogens with zero attached hydrogens (tertiary/aromatic N) is 2. The van der Waals surface area contributed by atoms with Gasteiger partial charge in [0, 0.05) is 24.2 Å². The predicted molar refractivity (Wildman–Crippen MR) is 58.0 cm³/mol. The van der Waals surface area contributed by atoms with Crippen LogP contribution in [0.5, 0.6) is 5.75 Å². The fourth-order valence-corrected chi connectivity index (χ4v) is 1.11. The molecule has 0 unspecified atom stereocenters. The van der Waals surface area contributed by atoms with Crippen molar-refractivity contribution in [1.29, 1.82) is 0 Å². The Morgan fingerprint density at radius 1 is 1.69 bits per heavy atom. The number of amides is 1. The molecule has 0 aromatic carbocycles. The van der Waals surface area contributed by atoms with Crippen LogP contribution in [0.2, 0.25) is 0 Å². The molecule has 0 saturated carbocycles. The highest BCUT2D eigenvalue weighted by molar-refractivity contribution is 5.86. The van der Waals surface area contributed by atoms with Crippen molar-refractivity contribution < 1.29 is 15.0 Å². The molecule has 0 spiro atoms. The van der Waals surface area contributed by atoms with Gasteiger partial charge < -0.3 is 10.2 Å². The molecule has 0 fully saturated rings. The molecule has 1 aromatic heterocycles. The van der Waals surface area contributed by atoms with Gasteiger partial charge in [-0.3, -0.25) is 9.78 Å². The number of hydrogen-bond donors (Lipinski definition) is 3. The Balaban J connectivity index is 3.05. The third-order valence-electron chi connectivity index (χ3n) is 1.94. The van der Waals surface area contributed by atoms with Gasteiger partial charge in [0.25, 0.3) is 0 Å². The summed E-state index contributed by atoms with van der Waals surface area (Å²) in [6.45, 7) is 2.69. The average Bonchev–Trinajstić information content (AvgIpc) is 2.24. The molecule has 0 aliphatic rings. The van der Waals surface area contributed by atoms with E-state index in [4.69, 9.17) is 5.11 Å². The number of aliphatic hydroxyl groups is 1. The maximum Gasteiger partial charge on any atom is 0.236 e. The molecule has 1 aromatic rings. The molecule has 6 heteroatoms. The molecule has 1 rings (SSSR count). The Hall–Kier alpha value is -1.95. The van der Waals surface area contributed by atoms with E-state index in [2.05, 4.69) is 15.5 Å². The minimum absolute atomic E-state index is 0.0550. The molecule has 16 heavy (non-hydrogen) atoms.